The second-order valence-corrected chi connectivity index (χ2v) is 6.40. The second-order valence-electron chi connectivity index (χ2n) is 5.61. The summed E-state index contributed by atoms with van der Waals surface area (Å²) in [7, 11) is 0. The highest BCUT2D eigenvalue weighted by Crippen LogP contribution is 2.14. The van der Waals surface area contributed by atoms with Crippen LogP contribution in [0.25, 0.3) is 0 Å². The summed E-state index contributed by atoms with van der Waals surface area (Å²) in [5.74, 6) is -1.68. The van der Waals surface area contributed by atoms with Gasteiger partial charge in [0.25, 0.3) is 0 Å². The lowest BCUT2D eigenvalue weighted by Gasteiger charge is -2.30. The normalized spacial score (nSPS) is 14.6. The summed E-state index contributed by atoms with van der Waals surface area (Å²) >= 11 is 1.33. The second kappa shape index (κ2) is 15.1. The lowest BCUT2D eigenvalue weighted by atomic mass is 10.1. The third-order valence-electron chi connectivity index (χ3n) is 3.18. The zero-order valence-electron chi connectivity index (χ0n) is 16.9. The molecule has 9 nitrogen and oxygen atoms in total. The van der Waals surface area contributed by atoms with Crippen LogP contribution in [-0.4, -0.2) is 80.6 Å². The molecule has 0 heterocycles. The fourth-order valence-electron chi connectivity index (χ4n) is 2.13. The number of rotatable bonds is 12. The maximum atomic E-state index is 12.2. The monoisotopic (exact) mass is 424 g/mol. The number of thioether (sulfide) groups is 1. The molecule has 0 radical (unpaired) electrons. The number of alkyl halides is 1. The summed E-state index contributed by atoms with van der Waals surface area (Å²) in [4.78, 5) is 38.1. The maximum absolute atomic E-state index is 12.2. The molecular weight excluding hydrogens is 395 g/mol. The van der Waals surface area contributed by atoms with Gasteiger partial charge in [-0.05, 0) is 13.2 Å². The van der Waals surface area contributed by atoms with Gasteiger partial charge in [0.2, 0.25) is 0 Å². The van der Waals surface area contributed by atoms with Gasteiger partial charge in [0.1, 0.15) is 25.5 Å². The highest BCUT2D eigenvalue weighted by atomic mass is 32.2. The van der Waals surface area contributed by atoms with Gasteiger partial charge in [0.15, 0.2) is 11.3 Å². The molecule has 0 saturated heterocycles. The molecule has 11 heteroatoms. The molecule has 0 fully saturated rings. The average Bonchev–Trinajstić information content (AvgIpc) is 2.60. The molecule has 0 aliphatic heterocycles. The predicted octanol–water partition coefficient (Wildman–Crippen LogP) is 1.10. The molecule has 0 bridgehead atoms. The first-order valence-corrected chi connectivity index (χ1v) is 9.91. The van der Waals surface area contributed by atoms with Crippen LogP contribution in [0.5, 0.6) is 0 Å². The summed E-state index contributed by atoms with van der Waals surface area (Å²) in [5, 5.41) is 3.38. The molecule has 1 N–H and O–H groups in total. The molecule has 0 aliphatic carbocycles. The minimum atomic E-state index is -0.977. The number of hydrogen-bond donors (Lipinski definition) is 1. The van der Waals surface area contributed by atoms with Crippen LogP contribution in [0.3, 0.4) is 0 Å². The van der Waals surface area contributed by atoms with Crippen LogP contribution in [0, 0.1) is 0 Å². The number of carbonyl (C=O) groups is 3. The van der Waals surface area contributed by atoms with E-state index in [2.05, 4.69) is 10.3 Å². The summed E-state index contributed by atoms with van der Waals surface area (Å²) < 4.78 is 33.2. The molecule has 0 spiro atoms. The van der Waals surface area contributed by atoms with Crippen LogP contribution in [-0.2, 0) is 33.3 Å². The van der Waals surface area contributed by atoms with E-state index in [9.17, 15) is 18.8 Å². The first kappa shape index (κ1) is 26.1. The Hall–Kier alpha value is -1.88. The van der Waals surface area contributed by atoms with Crippen molar-refractivity contribution < 1.29 is 37.7 Å². The van der Waals surface area contributed by atoms with Gasteiger partial charge in [-0.1, -0.05) is 11.8 Å². The van der Waals surface area contributed by atoms with E-state index >= 15 is 0 Å². The first-order valence-electron chi connectivity index (χ1n) is 8.68. The number of nitrogens with one attached hydrogen (secondary N) is 1. The van der Waals surface area contributed by atoms with Gasteiger partial charge in [0, 0.05) is 27.3 Å². The van der Waals surface area contributed by atoms with E-state index in [0.29, 0.717) is 5.17 Å². The molecule has 0 aliphatic rings. The highest BCUT2D eigenvalue weighted by Gasteiger charge is 2.33. The van der Waals surface area contributed by atoms with Crippen molar-refractivity contribution >= 4 is 34.8 Å². The lowest BCUT2D eigenvalue weighted by molar-refractivity contribution is -0.182. The fraction of sp³-hybridized carbons (Fsp3) is 0.765. The number of amidine groups is 1. The van der Waals surface area contributed by atoms with Gasteiger partial charge in [-0.15, -0.1) is 0 Å². The SMILES string of the molecule is CSC(=NCCO[C@H](COC(C)=O)[C@@H](OC(C)=O)[C@@H](C)OC(C)=O)NCCF. The average molecular weight is 424 g/mol. The summed E-state index contributed by atoms with van der Waals surface area (Å²) in [6.07, 6.45) is -0.868. The maximum Gasteiger partial charge on any atom is 0.303 e. The van der Waals surface area contributed by atoms with Crippen LogP contribution in [0.15, 0.2) is 4.99 Å². The number of aliphatic imine (C=N–C) groups is 1. The number of halogens is 1. The van der Waals surface area contributed by atoms with Crippen molar-refractivity contribution in [3.05, 3.63) is 0 Å². The van der Waals surface area contributed by atoms with Gasteiger partial charge < -0.3 is 24.3 Å². The Morgan fingerprint density at radius 3 is 2.25 bits per heavy atom. The minimum Gasteiger partial charge on any atom is -0.463 e. The first-order chi connectivity index (χ1) is 13.2. The third-order valence-corrected chi connectivity index (χ3v) is 3.84. The van der Waals surface area contributed by atoms with E-state index < -0.39 is 42.9 Å². The van der Waals surface area contributed by atoms with E-state index in [1.54, 1.807) is 13.2 Å². The van der Waals surface area contributed by atoms with Crippen molar-refractivity contribution in [1.82, 2.24) is 5.32 Å². The fourth-order valence-corrected chi connectivity index (χ4v) is 2.60. The smallest absolute Gasteiger partial charge is 0.303 e. The molecular formula is C17H29FN2O7S. The molecule has 28 heavy (non-hydrogen) atoms. The molecule has 0 rings (SSSR count). The lowest BCUT2D eigenvalue weighted by Crippen LogP contribution is -2.45. The van der Waals surface area contributed by atoms with E-state index in [1.807, 2.05) is 0 Å². The Balaban J connectivity index is 5.07. The van der Waals surface area contributed by atoms with E-state index in [-0.39, 0.29) is 26.3 Å². The molecule has 0 unspecified atom stereocenters. The summed E-state index contributed by atoms with van der Waals surface area (Å²) in [6, 6.07) is 0. The molecule has 0 aromatic heterocycles. The number of esters is 3. The van der Waals surface area contributed by atoms with E-state index in [0.717, 1.165) is 0 Å². The highest BCUT2D eigenvalue weighted by molar-refractivity contribution is 8.13. The Morgan fingerprint density at radius 1 is 1.11 bits per heavy atom. The largest absolute Gasteiger partial charge is 0.463 e. The van der Waals surface area contributed by atoms with Gasteiger partial charge in [-0.2, -0.15) is 0 Å². The van der Waals surface area contributed by atoms with Gasteiger partial charge in [-0.25, -0.2) is 4.39 Å². The standard InChI is InChI=1S/C17H29FN2O7S/c1-11(26-13(3)22)16(27-14(4)23)15(10-25-12(2)21)24-9-8-20-17(28-5)19-7-6-18/h11,15-16H,6-10H2,1-5H3,(H,19,20)/t11-,15-,16+/m1/s1. The predicted molar refractivity (Wildman–Crippen MR) is 103 cm³/mol. The Kier molecular flexibility index (Phi) is 14.1. The topological polar surface area (TPSA) is 113 Å². The van der Waals surface area contributed by atoms with Crippen molar-refractivity contribution in [1.29, 1.82) is 0 Å². The minimum absolute atomic E-state index is 0.109. The summed E-state index contributed by atoms with van der Waals surface area (Å²) in [6.45, 7) is 5.01. The zero-order valence-corrected chi connectivity index (χ0v) is 17.7. The van der Waals surface area contributed by atoms with Crippen LogP contribution >= 0.6 is 11.8 Å². The van der Waals surface area contributed by atoms with Crippen LogP contribution in [0.2, 0.25) is 0 Å². The third kappa shape index (κ3) is 12.5. The molecule has 3 atom stereocenters. The van der Waals surface area contributed by atoms with Crippen molar-refractivity contribution in [3.63, 3.8) is 0 Å². The van der Waals surface area contributed by atoms with Crippen molar-refractivity contribution in [2.24, 2.45) is 4.99 Å². The van der Waals surface area contributed by atoms with E-state index in [4.69, 9.17) is 18.9 Å². The Morgan fingerprint density at radius 2 is 1.75 bits per heavy atom. The van der Waals surface area contributed by atoms with Gasteiger partial charge in [0.05, 0.1) is 13.2 Å². The molecule has 162 valence electrons. The van der Waals surface area contributed by atoms with Crippen LogP contribution < -0.4 is 5.32 Å². The number of ether oxygens (including phenoxy) is 4. The summed E-state index contributed by atoms with van der Waals surface area (Å²) in [5.41, 5.74) is 0. The van der Waals surface area contributed by atoms with Crippen molar-refractivity contribution in [2.75, 3.05) is 39.2 Å². The van der Waals surface area contributed by atoms with Crippen LogP contribution in [0.1, 0.15) is 27.7 Å². The molecule has 0 aromatic rings. The number of nitrogens with zero attached hydrogens (tertiary/aromatic N) is 1. The Labute approximate surface area is 168 Å². The molecule has 0 amide bonds. The number of hydrogen-bond acceptors (Lipinski definition) is 9. The van der Waals surface area contributed by atoms with Gasteiger partial charge in [-0.3, -0.25) is 19.4 Å². The molecule has 0 aromatic carbocycles. The van der Waals surface area contributed by atoms with Crippen molar-refractivity contribution in [2.45, 2.75) is 46.0 Å². The van der Waals surface area contributed by atoms with Crippen LogP contribution in [0.4, 0.5) is 4.39 Å². The van der Waals surface area contributed by atoms with Crippen molar-refractivity contribution in [3.8, 4) is 0 Å². The Bertz CT molecular complexity index is 534. The van der Waals surface area contributed by atoms with Gasteiger partial charge >= 0.3 is 17.9 Å². The zero-order chi connectivity index (χ0) is 21.5. The quantitative estimate of drug-likeness (QED) is 0.162. The number of carbonyl (C=O) groups excluding carboxylic acids is 3. The molecule has 0 saturated carbocycles. The van der Waals surface area contributed by atoms with E-state index in [1.165, 1.54) is 32.5 Å².